The standard InChI is InChI=1S/C53H36BN2O3/c1-28-21-38(34-22-35-31-11-5-8-14-44(31)58-48(35)26-41(34)55-30-19-17-29(18-20-30)53(2,3)4)51-52-50(28)39-23-36-32-12-6-9-15-45(32)59-49(36)27-42(39)56(52)43-24-37-33-13-7-10-16-46(33)57-47(37)25-40(43)54-51/h5-27,55H,1-4H3. The fraction of sp³-hybridized carbons (Fsp3) is 0.0943. The first-order valence-electron chi connectivity index (χ1n) is 20.3. The second kappa shape index (κ2) is 11.5. The predicted octanol–water partition coefficient (Wildman–Crippen LogP) is 13.5. The molecule has 6 heteroatoms. The number of benzene rings is 8. The molecular formula is C53H36BN2O3. The first-order chi connectivity index (χ1) is 28.7. The summed E-state index contributed by atoms with van der Waals surface area (Å²) in [6.45, 7) is 9.01. The van der Waals surface area contributed by atoms with Crippen LogP contribution in [0.15, 0.2) is 153 Å². The molecule has 4 aromatic heterocycles. The van der Waals surface area contributed by atoms with Crippen LogP contribution in [0.2, 0.25) is 0 Å². The largest absolute Gasteiger partial charge is 0.456 e. The zero-order chi connectivity index (χ0) is 39.3. The highest BCUT2D eigenvalue weighted by Crippen LogP contribution is 2.45. The van der Waals surface area contributed by atoms with Gasteiger partial charge in [0.2, 0.25) is 0 Å². The number of nitrogens with one attached hydrogen (secondary N) is 1. The molecule has 13 rings (SSSR count). The van der Waals surface area contributed by atoms with Gasteiger partial charge in [0, 0.05) is 77.7 Å². The average molecular weight is 760 g/mol. The van der Waals surface area contributed by atoms with E-state index in [4.69, 9.17) is 13.3 Å². The van der Waals surface area contributed by atoms with Crippen molar-refractivity contribution in [1.29, 1.82) is 0 Å². The van der Waals surface area contributed by atoms with Crippen LogP contribution < -0.4 is 16.2 Å². The number of fused-ring (bicyclic) bond motifs is 14. The van der Waals surface area contributed by atoms with Gasteiger partial charge < -0.3 is 23.1 Å². The fourth-order valence-electron chi connectivity index (χ4n) is 9.82. The monoisotopic (exact) mass is 759 g/mol. The molecule has 0 fully saturated rings. The topological polar surface area (TPSA) is 56.4 Å². The molecule has 1 aliphatic rings. The van der Waals surface area contributed by atoms with Crippen LogP contribution in [0, 0.1) is 6.92 Å². The summed E-state index contributed by atoms with van der Waals surface area (Å²) in [5.74, 6) is 0. The van der Waals surface area contributed by atoms with Crippen LogP contribution in [0.3, 0.4) is 0 Å². The molecule has 12 aromatic rings. The van der Waals surface area contributed by atoms with E-state index < -0.39 is 0 Å². The minimum Gasteiger partial charge on any atom is -0.456 e. The molecule has 0 aliphatic carbocycles. The average Bonchev–Trinajstić information content (AvgIpc) is 3.99. The number of rotatable bonds is 3. The van der Waals surface area contributed by atoms with Crippen molar-refractivity contribution in [2.24, 2.45) is 0 Å². The molecule has 59 heavy (non-hydrogen) atoms. The van der Waals surface area contributed by atoms with Gasteiger partial charge in [0.1, 0.15) is 33.5 Å². The van der Waals surface area contributed by atoms with Crippen LogP contribution in [-0.2, 0) is 5.41 Å². The minimum absolute atomic E-state index is 0.0562. The number of nitrogens with zero attached hydrogens (tertiary/aromatic N) is 1. The number of furan rings is 3. The van der Waals surface area contributed by atoms with Crippen molar-refractivity contribution in [3.8, 4) is 16.8 Å². The van der Waals surface area contributed by atoms with Gasteiger partial charge in [0.05, 0.1) is 11.2 Å². The zero-order valence-electron chi connectivity index (χ0n) is 33.0. The molecule has 8 aromatic carbocycles. The maximum Gasteiger partial charge on any atom is 0.198 e. The molecule has 1 aliphatic heterocycles. The minimum atomic E-state index is 0.0562. The summed E-state index contributed by atoms with van der Waals surface area (Å²) in [5, 5.41) is 12.9. The lowest BCUT2D eigenvalue weighted by atomic mass is 9.58. The van der Waals surface area contributed by atoms with Gasteiger partial charge in [0.15, 0.2) is 7.28 Å². The summed E-state index contributed by atoms with van der Waals surface area (Å²) in [6.07, 6.45) is 0. The molecule has 0 saturated carbocycles. The van der Waals surface area contributed by atoms with Gasteiger partial charge >= 0.3 is 0 Å². The molecule has 0 amide bonds. The Balaban J connectivity index is 1.13. The van der Waals surface area contributed by atoms with Crippen LogP contribution in [0.4, 0.5) is 11.4 Å². The highest BCUT2D eigenvalue weighted by Gasteiger charge is 2.30. The van der Waals surface area contributed by atoms with Crippen LogP contribution in [0.1, 0.15) is 31.9 Å². The van der Waals surface area contributed by atoms with E-state index in [1.54, 1.807) is 0 Å². The lowest BCUT2D eigenvalue weighted by Gasteiger charge is -2.25. The van der Waals surface area contributed by atoms with Crippen molar-refractivity contribution in [3.05, 3.63) is 151 Å². The number of hydrogen-bond donors (Lipinski definition) is 1. The number of aryl methyl sites for hydroxylation is 1. The van der Waals surface area contributed by atoms with Gasteiger partial charge in [0.25, 0.3) is 0 Å². The van der Waals surface area contributed by atoms with Gasteiger partial charge in [-0.15, -0.1) is 0 Å². The number of hydrogen-bond acceptors (Lipinski definition) is 4. The lowest BCUT2D eigenvalue weighted by molar-refractivity contribution is 0.590. The molecule has 5 heterocycles. The number of para-hydroxylation sites is 3. The molecule has 0 saturated heterocycles. The Bertz CT molecular complexity index is 3780. The van der Waals surface area contributed by atoms with E-state index in [9.17, 15) is 0 Å². The van der Waals surface area contributed by atoms with E-state index in [2.05, 4.69) is 166 Å². The second-order valence-electron chi connectivity index (χ2n) is 17.3. The molecule has 0 atom stereocenters. The Labute approximate surface area is 339 Å². The molecule has 1 radical (unpaired) electrons. The summed E-state index contributed by atoms with van der Waals surface area (Å²) in [6, 6.07) is 49.8. The first-order valence-corrected chi connectivity index (χ1v) is 20.3. The maximum atomic E-state index is 6.54. The van der Waals surface area contributed by atoms with E-state index in [-0.39, 0.29) is 5.41 Å². The Hall–Kier alpha value is -7.18. The van der Waals surface area contributed by atoms with Crippen molar-refractivity contribution in [2.45, 2.75) is 33.1 Å². The summed E-state index contributed by atoms with van der Waals surface area (Å²) in [7, 11) is 2.37. The van der Waals surface area contributed by atoms with E-state index in [0.29, 0.717) is 0 Å². The zero-order valence-corrected chi connectivity index (χ0v) is 33.0. The predicted molar refractivity (Wildman–Crippen MR) is 246 cm³/mol. The van der Waals surface area contributed by atoms with Crippen LogP contribution in [-0.4, -0.2) is 11.8 Å². The molecule has 0 unspecified atom stereocenters. The third-order valence-electron chi connectivity index (χ3n) is 12.7. The summed E-state index contributed by atoms with van der Waals surface area (Å²) in [4.78, 5) is 0. The lowest BCUT2D eigenvalue weighted by Crippen LogP contribution is -2.37. The highest BCUT2D eigenvalue weighted by molar-refractivity contribution is 6.74. The molecule has 279 valence electrons. The first kappa shape index (κ1) is 32.9. The maximum absolute atomic E-state index is 6.54. The quantitative estimate of drug-likeness (QED) is 0.182. The fourth-order valence-corrected chi connectivity index (χ4v) is 9.82. The second-order valence-corrected chi connectivity index (χ2v) is 17.3. The molecule has 1 N–H and O–H groups in total. The van der Waals surface area contributed by atoms with Gasteiger partial charge in [-0.3, -0.25) is 0 Å². The Kier molecular flexibility index (Phi) is 6.40. The number of aromatic nitrogens is 1. The SMILES string of the molecule is Cc1cc(-c2cc3c(cc2Nc2ccc(C(C)(C)C)cc2)oc2ccccc23)c2c3c1c1cc4c(cc1n3-c1cc3c(cc1[B]2)oc1ccccc13)oc1ccccc14. The van der Waals surface area contributed by atoms with Crippen molar-refractivity contribution in [3.63, 3.8) is 0 Å². The van der Waals surface area contributed by atoms with Gasteiger partial charge in [-0.1, -0.05) is 99.0 Å². The van der Waals surface area contributed by atoms with E-state index in [1.165, 1.54) is 27.4 Å². The summed E-state index contributed by atoms with van der Waals surface area (Å²) >= 11 is 0. The Morgan fingerprint density at radius 3 is 1.75 bits per heavy atom. The van der Waals surface area contributed by atoms with Crippen molar-refractivity contribution >= 4 is 117 Å². The van der Waals surface area contributed by atoms with E-state index >= 15 is 0 Å². The highest BCUT2D eigenvalue weighted by atomic mass is 16.3. The van der Waals surface area contributed by atoms with E-state index in [1.807, 2.05) is 18.2 Å². The van der Waals surface area contributed by atoms with Gasteiger partial charge in [-0.05, 0) is 89.1 Å². The molecule has 0 spiro atoms. The van der Waals surface area contributed by atoms with Crippen LogP contribution in [0.25, 0.3) is 104 Å². The summed E-state index contributed by atoms with van der Waals surface area (Å²) < 4.78 is 22.0. The van der Waals surface area contributed by atoms with Crippen molar-refractivity contribution in [2.75, 3.05) is 5.32 Å². The van der Waals surface area contributed by atoms with Gasteiger partial charge in [-0.2, -0.15) is 0 Å². The molecule has 0 bridgehead atoms. The van der Waals surface area contributed by atoms with Crippen LogP contribution >= 0.6 is 0 Å². The van der Waals surface area contributed by atoms with Crippen molar-refractivity contribution < 1.29 is 13.3 Å². The summed E-state index contributed by atoms with van der Waals surface area (Å²) in [5.41, 5.74) is 17.7. The molecular weight excluding hydrogens is 723 g/mol. The third-order valence-corrected chi connectivity index (χ3v) is 12.7. The number of anilines is 2. The van der Waals surface area contributed by atoms with Gasteiger partial charge in [-0.25, -0.2) is 0 Å². The smallest absolute Gasteiger partial charge is 0.198 e. The Morgan fingerprint density at radius 2 is 1.10 bits per heavy atom. The third kappa shape index (κ3) is 4.63. The molecule has 5 nitrogen and oxygen atoms in total. The van der Waals surface area contributed by atoms with Crippen LogP contribution in [0.5, 0.6) is 0 Å². The normalized spacial score (nSPS) is 12.9. The van der Waals surface area contributed by atoms with Crippen molar-refractivity contribution in [1.82, 2.24) is 4.57 Å². The van der Waals surface area contributed by atoms with E-state index in [0.717, 1.165) is 110 Å². The Morgan fingerprint density at radius 1 is 0.525 bits per heavy atom.